The molecule has 0 aliphatic heterocycles. The van der Waals surface area contributed by atoms with Crippen LogP contribution in [0.4, 0.5) is 5.69 Å². The molecule has 1 aromatic heterocycles. The van der Waals surface area contributed by atoms with Gasteiger partial charge in [-0.05, 0) is 42.3 Å². The van der Waals surface area contributed by atoms with Gasteiger partial charge in [-0.25, -0.2) is 9.36 Å². The quantitative estimate of drug-likeness (QED) is 0.708. The minimum Gasteiger partial charge on any atom is -0.493 e. The lowest BCUT2D eigenvalue weighted by Crippen LogP contribution is -2.25. The van der Waals surface area contributed by atoms with E-state index in [0.717, 1.165) is 15.7 Å². The van der Waals surface area contributed by atoms with Crippen molar-refractivity contribution in [2.75, 3.05) is 20.0 Å². The number of hydrogen-bond donors (Lipinski definition) is 2. The third-order valence-corrected chi connectivity index (χ3v) is 4.12. The fourth-order valence-corrected chi connectivity index (χ4v) is 2.77. The number of aromatic nitrogens is 2. The molecule has 0 aliphatic carbocycles. The number of methoxy groups -OCH3 is 2. The zero-order valence-corrected chi connectivity index (χ0v) is 14.3. The summed E-state index contributed by atoms with van der Waals surface area (Å²) in [7, 11) is 3.07. The van der Waals surface area contributed by atoms with Gasteiger partial charge in [-0.2, -0.15) is 0 Å². The van der Waals surface area contributed by atoms with E-state index < -0.39 is 5.69 Å². The predicted octanol–water partition coefficient (Wildman–Crippen LogP) is 2.12. The molecular formula is C18H19N3O4. The van der Waals surface area contributed by atoms with Crippen molar-refractivity contribution < 1.29 is 14.3 Å². The lowest BCUT2D eigenvalue weighted by molar-refractivity contribution is 0.0915. The van der Waals surface area contributed by atoms with Gasteiger partial charge in [0.1, 0.15) is 0 Å². The van der Waals surface area contributed by atoms with Gasteiger partial charge in [0.05, 0.1) is 31.7 Å². The van der Waals surface area contributed by atoms with Crippen molar-refractivity contribution in [1.82, 2.24) is 9.55 Å². The molecule has 2 aromatic carbocycles. The fourth-order valence-electron chi connectivity index (χ4n) is 2.77. The number of nitrogens with two attached hydrogens (primary N) is 1. The monoisotopic (exact) mass is 341 g/mol. The molecule has 3 N–H and O–H groups in total. The molecule has 7 nitrogen and oxygen atoms in total. The summed E-state index contributed by atoms with van der Waals surface area (Å²) in [6.07, 6.45) is 0.0522. The maximum Gasteiger partial charge on any atom is 0.333 e. The maximum atomic E-state index is 12.7. The smallest absolute Gasteiger partial charge is 0.333 e. The average molecular weight is 341 g/mol. The highest BCUT2D eigenvalue weighted by molar-refractivity contribution is 5.92. The number of carbonyl (C=O) groups is 1. The maximum absolute atomic E-state index is 12.7. The van der Waals surface area contributed by atoms with Crippen molar-refractivity contribution in [3.63, 3.8) is 0 Å². The van der Waals surface area contributed by atoms with E-state index in [1.54, 1.807) is 37.4 Å². The SMILES string of the molecule is COc1ccc(CC(=O)n2c(=O)[nH]c3cc(N)c(C)cc32)cc1OC. The van der Waals surface area contributed by atoms with Crippen LogP contribution in [0.15, 0.2) is 35.1 Å². The van der Waals surface area contributed by atoms with Crippen LogP contribution in [0.1, 0.15) is 15.9 Å². The molecule has 0 saturated carbocycles. The Morgan fingerprint density at radius 3 is 2.56 bits per heavy atom. The highest BCUT2D eigenvalue weighted by Crippen LogP contribution is 2.28. The lowest BCUT2D eigenvalue weighted by Gasteiger charge is -2.09. The van der Waals surface area contributed by atoms with Gasteiger partial charge >= 0.3 is 5.69 Å². The van der Waals surface area contributed by atoms with Crippen LogP contribution in [-0.2, 0) is 6.42 Å². The number of benzene rings is 2. The van der Waals surface area contributed by atoms with Crippen molar-refractivity contribution in [2.24, 2.45) is 0 Å². The van der Waals surface area contributed by atoms with Gasteiger partial charge in [0.2, 0.25) is 5.91 Å². The Hall–Kier alpha value is -3.22. The zero-order chi connectivity index (χ0) is 18.1. The first-order chi connectivity index (χ1) is 11.9. The van der Waals surface area contributed by atoms with Crippen LogP contribution in [0.2, 0.25) is 0 Å². The van der Waals surface area contributed by atoms with Crippen molar-refractivity contribution in [1.29, 1.82) is 0 Å². The highest BCUT2D eigenvalue weighted by Gasteiger charge is 2.16. The van der Waals surface area contributed by atoms with Gasteiger partial charge in [-0.1, -0.05) is 6.07 Å². The first-order valence-electron chi connectivity index (χ1n) is 7.69. The summed E-state index contributed by atoms with van der Waals surface area (Å²) in [6.45, 7) is 1.83. The summed E-state index contributed by atoms with van der Waals surface area (Å²) in [5.41, 5.74) is 8.52. The number of hydrogen-bond acceptors (Lipinski definition) is 5. The number of fused-ring (bicyclic) bond motifs is 1. The summed E-state index contributed by atoms with van der Waals surface area (Å²) in [6, 6.07) is 8.61. The first-order valence-corrected chi connectivity index (χ1v) is 7.69. The molecule has 0 saturated heterocycles. The number of imidazole rings is 1. The minimum absolute atomic E-state index is 0.0522. The van der Waals surface area contributed by atoms with Crippen LogP contribution in [0.25, 0.3) is 11.0 Å². The van der Waals surface area contributed by atoms with Crippen molar-refractivity contribution in [3.8, 4) is 11.5 Å². The second-order valence-electron chi connectivity index (χ2n) is 5.75. The Balaban J connectivity index is 1.99. The molecule has 25 heavy (non-hydrogen) atoms. The van der Waals surface area contributed by atoms with Gasteiger partial charge in [-0.15, -0.1) is 0 Å². The zero-order valence-electron chi connectivity index (χ0n) is 14.3. The summed E-state index contributed by atoms with van der Waals surface area (Å²) in [5, 5.41) is 0. The Morgan fingerprint density at radius 2 is 1.88 bits per heavy atom. The summed E-state index contributed by atoms with van der Waals surface area (Å²) in [5.74, 6) is 0.768. The number of carbonyl (C=O) groups excluding carboxylic acids is 1. The molecule has 130 valence electrons. The van der Waals surface area contributed by atoms with Crippen molar-refractivity contribution >= 4 is 22.6 Å². The van der Waals surface area contributed by atoms with Gasteiger partial charge in [-0.3, -0.25) is 4.79 Å². The number of rotatable bonds is 4. The number of anilines is 1. The summed E-state index contributed by atoms with van der Waals surface area (Å²) < 4.78 is 11.6. The van der Waals surface area contributed by atoms with Crippen LogP contribution in [-0.4, -0.2) is 29.7 Å². The van der Waals surface area contributed by atoms with Crippen LogP contribution in [0, 0.1) is 6.92 Å². The number of H-pyrrole nitrogens is 1. The van der Waals surface area contributed by atoms with Crippen LogP contribution in [0.3, 0.4) is 0 Å². The number of ether oxygens (including phenoxy) is 2. The third-order valence-electron chi connectivity index (χ3n) is 4.12. The van der Waals surface area contributed by atoms with E-state index in [9.17, 15) is 9.59 Å². The number of nitrogen functional groups attached to an aromatic ring is 1. The second-order valence-corrected chi connectivity index (χ2v) is 5.75. The molecule has 0 aliphatic rings. The topological polar surface area (TPSA) is 99.3 Å². The fraction of sp³-hybridized carbons (Fsp3) is 0.222. The molecule has 0 atom stereocenters. The molecule has 0 spiro atoms. The number of nitrogens with one attached hydrogen (secondary N) is 1. The standard InChI is InChI=1S/C18H19N3O4/c1-10-6-14-13(9-12(10)19)20-18(23)21(14)17(22)8-11-4-5-15(24-2)16(7-11)25-3/h4-7,9H,8,19H2,1-3H3,(H,20,23). The molecule has 0 unspecified atom stereocenters. The van der Waals surface area contributed by atoms with Crippen LogP contribution in [0.5, 0.6) is 11.5 Å². The van der Waals surface area contributed by atoms with E-state index in [-0.39, 0.29) is 12.3 Å². The van der Waals surface area contributed by atoms with Crippen LogP contribution >= 0.6 is 0 Å². The predicted molar refractivity (Wildman–Crippen MR) is 95.6 cm³/mol. The Bertz CT molecular complexity index is 1020. The summed E-state index contributed by atoms with van der Waals surface area (Å²) in [4.78, 5) is 27.6. The molecule has 0 amide bonds. The Labute approximate surface area is 144 Å². The Kier molecular flexibility index (Phi) is 4.22. The van der Waals surface area contributed by atoms with Crippen LogP contribution < -0.4 is 20.9 Å². The van der Waals surface area contributed by atoms with Crippen molar-refractivity contribution in [2.45, 2.75) is 13.3 Å². The molecular weight excluding hydrogens is 322 g/mol. The molecule has 0 fully saturated rings. The Morgan fingerprint density at radius 1 is 1.16 bits per heavy atom. The van der Waals surface area contributed by atoms with Gasteiger partial charge in [0.25, 0.3) is 0 Å². The van der Waals surface area contributed by atoms with Crippen molar-refractivity contribution in [3.05, 3.63) is 51.9 Å². The minimum atomic E-state index is -0.481. The van der Waals surface area contributed by atoms with Gasteiger partial charge in [0.15, 0.2) is 11.5 Å². The van der Waals surface area contributed by atoms with E-state index in [2.05, 4.69) is 4.98 Å². The largest absolute Gasteiger partial charge is 0.493 e. The number of aromatic amines is 1. The molecule has 3 rings (SSSR count). The number of aryl methyl sites for hydroxylation is 1. The normalized spacial score (nSPS) is 10.8. The van der Waals surface area contributed by atoms with E-state index >= 15 is 0 Å². The van der Waals surface area contributed by atoms with E-state index in [1.807, 2.05) is 6.92 Å². The average Bonchev–Trinajstić information content (AvgIpc) is 2.90. The molecule has 0 bridgehead atoms. The van der Waals surface area contributed by atoms with E-state index in [4.69, 9.17) is 15.2 Å². The molecule has 7 heteroatoms. The van der Waals surface area contributed by atoms with E-state index in [0.29, 0.717) is 28.2 Å². The molecule has 0 radical (unpaired) electrons. The number of nitrogens with zero attached hydrogens (tertiary/aromatic N) is 1. The van der Waals surface area contributed by atoms with E-state index in [1.165, 1.54) is 7.11 Å². The third kappa shape index (κ3) is 2.96. The van der Waals surface area contributed by atoms with Gasteiger partial charge < -0.3 is 20.2 Å². The van der Waals surface area contributed by atoms with Gasteiger partial charge in [0, 0.05) is 5.69 Å². The lowest BCUT2D eigenvalue weighted by atomic mass is 10.1. The first kappa shape index (κ1) is 16.6. The summed E-state index contributed by atoms with van der Waals surface area (Å²) >= 11 is 0. The second kappa shape index (κ2) is 6.35. The molecule has 1 heterocycles. The molecule has 3 aromatic rings. The highest BCUT2D eigenvalue weighted by atomic mass is 16.5.